The molecule has 0 saturated carbocycles. The molecule has 1 saturated heterocycles. The van der Waals surface area contributed by atoms with E-state index in [-0.39, 0.29) is 12.1 Å². The third-order valence-corrected chi connectivity index (χ3v) is 3.72. The topological polar surface area (TPSA) is 68.1 Å². The Morgan fingerprint density at radius 1 is 1.45 bits per heavy atom. The summed E-state index contributed by atoms with van der Waals surface area (Å²) in [5.74, 6) is 0.767. The van der Waals surface area contributed by atoms with E-state index in [1.54, 1.807) is 7.05 Å². The zero-order valence-electron chi connectivity index (χ0n) is 12.9. The highest BCUT2D eigenvalue weighted by molar-refractivity contribution is 4.91. The lowest BCUT2D eigenvalue weighted by Crippen LogP contribution is -2.54. The second kappa shape index (κ2) is 7.10. The lowest BCUT2D eigenvalue weighted by Gasteiger charge is -2.39. The van der Waals surface area contributed by atoms with E-state index in [1.807, 2.05) is 0 Å². The molecule has 0 aliphatic carbocycles. The number of aryl methyl sites for hydroxylation is 1. The number of hydrogen-bond acceptors (Lipinski definition) is 6. The molecule has 0 aromatic carbocycles. The molecule has 1 aromatic heterocycles. The van der Waals surface area contributed by atoms with Gasteiger partial charge in [-0.1, -0.05) is 6.92 Å². The van der Waals surface area contributed by atoms with Gasteiger partial charge in [-0.05, 0) is 25.6 Å². The van der Waals surface area contributed by atoms with Crippen molar-refractivity contribution >= 4 is 0 Å². The van der Waals surface area contributed by atoms with Gasteiger partial charge in [-0.3, -0.25) is 4.90 Å². The van der Waals surface area contributed by atoms with Crippen LogP contribution in [0.3, 0.4) is 0 Å². The van der Waals surface area contributed by atoms with Gasteiger partial charge >= 0.3 is 0 Å². The largest absolute Gasteiger partial charge is 0.374 e. The number of nitrogens with zero attached hydrogens (tertiary/aromatic N) is 5. The summed E-state index contributed by atoms with van der Waals surface area (Å²) in [7, 11) is 1.79. The smallest absolute Gasteiger partial charge is 0.176 e. The normalized spacial score (nSPS) is 22.4. The average Bonchev–Trinajstić information content (AvgIpc) is 2.84. The van der Waals surface area contributed by atoms with Crippen molar-refractivity contribution in [1.82, 2.24) is 30.4 Å². The molecule has 2 heterocycles. The Bertz CT molecular complexity index is 407. The van der Waals surface area contributed by atoms with Crippen molar-refractivity contribution in [3.63, 3.8) is 0 Å². The average molecular weight is 282 g/mol. The number of morpholine rings is 1. The van der Waals surface area contributed by atoms with Gasteiger partial charge in [0.15, 0.2) is 5.82 Å². The molecule has 0 amide bonds. The van der Waals surface area contributed by atoms with E-state index < -0.39 is 0 Å². The fourth-order valence-electron chi connectivity index (χ4n) is 2.61. The predicted octanol–water partition coefficient (Wildman–Crippen LogP) is -0.160. The van der Waals surface area contributed by atoms with Crippen LogP contribution in [0.15, 0.2) is 0 Å². The van der Waals surface area contributed by atoms with E-state index in [2.05, 4.69) is 46.4 Å². The van der Waals surface area contributed by atoms with Gasteiger partial charge in [-0.2, -0.15) is 4.80 Å². The number of nitrogens with one attached hydrogen (secondary N) is 1. The Balaban J connectivity index is 1.99. The number of aromatic nitrogens is 4. The molecule has 1 aliphatic rings. The van der Waals surface area contributed by atoms with Crippen LogP contribution in [0.5, 0.6) is 0 Å². The van der Waals surface area contributed by atoms with Gasteiger partial charge in [-0.15, -0.1) is 10.2 Å². The van der Waals surface area contributed by atoms with Crippen LogP contribution in [-0.2, 0) is 18.2 Å². The highest BCUT2D eigenvalue weighted by Crippen LogP contribution is 2.14. The van der Waals surface area contributed by atoms with E-state index in [1.165, 1.54) is 4.80 Å². The SMILES string of the molecule is CCNC(Cc1nnn(C)n1)C1CN(C(C)C)CCO1. The molecule has 1 aliphatic heterocycles. The number of rotatable bonds is 6. The quantitative estimate of drug-likeness (QED) is 0.782. The molecule has 20 heavy (non-hydrogen) atoms. The molecule has 114 valence electrons. The van der Waals surface area contributed by atoms with Gasteiger partial charge < -0.3 is 10.1 Å². The van der Waals surface area contributed by atoms with Crippen molar-refractivity contribution in [2.45, 2.75) is 45.4 Å². The summed E-state index contributed by atoms with van der Waals surface area (Å²) in [5.41, 5.74) is 0. The highest BCUT2D eigenvalue weighted by atomic mass is 16.5. The van der Waals surface area contributed by atoms with Crippen molar-refractivity contribution in [3.8, 4) is 0 Å². The molecule has 1 fully saturated rings. The van der Waals surface area contributed by atoms with E-state index >= 15 is 0 Å². The zero-order chi connectivity index (χ0) is 14.5. The van der Waals surface area contributed by atoms with Crippen molar-refractivity contribution in [1.29, 1.82) is 0 Å². The van der Waals surface area contributed by atoms with Crippen LogP contribution < -0.4 is 5.32 Å². The molecular formula is C13H26N6O. The van der Waals surface area contributed by atoms with Crippen LogP contribution in [0.2, 0.25) is 0 Å². The Labute approximate surface area is 120 Å². The first-order valence-corrected chi connectivity index (χ1v) is 7.42. The monoisotopic (exact) mass is 282 g/mol. The first-order chi connectivity index (χ1) is 9.60. The number of tetrazole rings is 1. The first-order valence-electron chi connectivity index (χ1n) is 7.42. The van der Waals surface area contributed by atoms with Crippen LogP contribution in [0.1, 0.15) is 26.6 Å². The van der Waals surface area contributed by atoms with E-state index in [0.29, 0.717) is 6.04 Å². The van der Waals surface area contributed by atoms with E-state index in [4.69, 9.17) is 4.74 Å². The summed E-state index contributed by atoms with van der Waals surface area (Å²) < 4.78 is 5.97. The molecule has 7 nitrogen and oxygen atoms in total. The second-order valence-corrected chi connectivity index (χ2v) is 5.56. The summed E-state index contributed by atoms with van der Waals surface area (Å²) >= 11 is 0. The van der Waals surface area contributed by atoms with E-state index in [9.17, 15) is 0 Å². The van der Waals surface area contributed by atoms with Crippen LogP contribution in [0, 0.1) is 0 Å². The van der Waals surface area contributed by atoms with Crippen LogP contribution in [0.4, 0.5) is 0 Å². The molecule has 1 N–H and O–H groups in total. The van der Waals surface area contributed by atoms with Gasteiger partial charge in [0.2, 0.25) is 0 Å². The first kappa shape index (κ1) is 15.3. The number of ether oxygens (including phenoxy) is 1. The fourth-order valence-corrected chi connectivity index (χ4v) is 2.61. The molecule has 0 bridgehead atoms. The Hall–Kier alpha value is -1.05. The lowest BCUT2D eigenvalue weighted by atomic mass is 10.0. The Morgan fingerprint density at radius 3 is 2.85 bits per heavy atom. The van der Waals surface area contributed by atoms with Crippen LogP contribution in [-0.4, -0.2) is 69.5 Å². The highest BCUT2D eigenvalue weighted by Gasteiger charge is 2.29. The molecule has 2 unspecified atom stereocenters. The van der Waals surface area contributed by atoms with Crippen molar-refractivity contribution < 1.29 is 4.74 Å². The predicted molar refractivity (Wildman–Crippen MR) is 76.4 cm³/mol. The number of hydrogen-bond donors (Lipinski definition) is 1. The Morgan fingerprint density at radius 2 is 2.25 bits per heavy atom. The molecule has 7 heteroatoms. The van der Waals surface area contributed by atoms with Crippen molar-refractivity contribution in [3.05, 3.63) is 5.82 Å². The standard InChI is InChI=1S/C13H26N6O/c1-5-14-11(8-13-15-17-18(4)16-13)12-9-19(10(2)3)6-7-20-12/h10-12,14H,5-9H2,1-4H3. The summed E-state index contributed by atoms with van der Waals surface area (Å²) in [6.45, 7) is 10.2. The molecular weight excluding hydrogens is 256 g/mol. The van der Waals surface area contributed by atoms with Gasteiger partial charge in [0.25, 0.3) is 0 Å². The minimum atomic E-state index is 0.176. The summed E-state index contributed by atoms with van der Waals surface area (Å²) in [6, 6.07) is 0.782. The molecule has 0 radical (unpaired) electrons. The zero-order valence-corrected chi connectivity index (χ0v) is 12.9. The minimum absolute atomic E-state index is 0.176. The third kappa shape index (κ3) is 3.97. The maximum atomic E-state index is 5.97. The molecule has 2 atom stereocenters. The maximum Gasteiger partial charge on any atom is 0.176 e. The van der Waals surface area contributed by atoms with E-state index in [0.717, 1.165) is 38.5 Å². The Kier molecular flexibility index (Phi) is 5.45. The molecule has 1 aromatic rings. The summed E-state index contributed by atoms with van der Waals surface area (Å²) in [4.78, 5) is 3.96. The maximum absolute atomic E-state index is 5.97. The summed E-state index contributed by atoms with van der Waals surface area (Å²) in [6.07, 6.45) is 0.924. The van der Waals surface area contributed by atoms with Gasteiger partial charge in [0.1, 0.15) is 0 Å². The van der Waals surface area contributed by atoms with Gasteiger partial charge in [-0.25, -0.2) is 0 Å². The van der Waals surface area contributed by atoms with Crippen molar-refractivity contribution in [2.24, 2.45) is 7.05 Å². The third-order valence-electron chi connectivity index (χ3n) is 3.72. The van der Waals surface area contributed by atoms with Gasteiger partial charge in [0.05, 0.1) is 19.8 Å². The summed E-state index contributed by atoms with van der Waals surface area (Å²) in [5, 5.41) is 15.7. The fraction of sp³-hybridized carbons (Fsp3) is 0.923. The minimum Gasteiger partial charge on any atom is -0.374 e. The molecule has 2 rings (SSSR count). The van der Waals surface area contributed by atoms with Crippen LogP contribution >= 0.6 is 0 Å². The lowest BCUT2D eigenvalue weighted by molar-refractivity contribution is -0.0552. The van der Waals surface area contributed by atoms with Crippen molar-refractivity contribution in [2.75, 3.05) is 26.2 Å². The second-order valence-electron chi connectivity index (χ2n) is 5.56. The molecule has 0 spiro atoms. The van der Waals surface area contributed by atoms with Crippen LogP contribution in [0.25, 0.3) is 0 Å². The number of likely N-dealkylation sites (N-methyl/N-ethyl adjacent to an activating group) is 1. The van der Waals surface area contributed by atoms with Gasteiger partial charge in [0, 0.05) is 31.6 Å².